The molecule has 21 heavy (non-hydrogen) atoms. The van der Waals surface area contributed by atoms with Gasteiger partial charge in [0.1, 0.15) is 11.5 Å². The summed E-state index contributed by atoms with van der Waals surface area (Å²) in [6, 6.07) is 0.426. The van der Waals surface area contributed by atoms with Crippen molar-refractivity contribution in [1.82, 2.24) is 24.7 Å². The summed E-state index contributed by atoms with van der Waals surface area (Å²) in [5, 5.41) is 8.88. The molecule has 0 radical (unpaired) electrons. The van der Waals surface area contributed by atoms with Gasteiger partial charge in [-0.2, -0.15) is 0 Å². The van der Waals surface area contributed by atoms with Gasteiger partial charge in [0, 0.05) is 24.2 Å². The molecule has 6 nitrogen and oxygen atoms in total. The van der Waals surface area contributed by atoms with E-state index in [4.69, 9.17) is 0 Å². The Morgan fingerprint density at radius 3 is 3.24 bits per heavy atom. The lowest BCUT2D eigenvalue weighted by Gasteiger charge is -2.24. The predicted octanol–water partition coefficient (Wildman–Crippen LogP) is 2.02. The molecule has 0 bridgehead atoms. The van der Waals surface area contributed by atoms with E-state index in [0.29, 0.717) is 6.04 Å². The fourth-order valence-electron chi connectivity index (χ4n) is 2.66. The number of rotatable bonds is 3. The summed E-state index contributed by atoms with van der Waals surface area (Å²) in [5.41, 5.74) is 1.82. The second-order valence-electron chi connectivity index (χ2n) is 5.18. The van der Waals surface area contributed by atoms with Gasteiger partial charge >= 0.3 is 0 Å². The number of aromatic nitrogens is 4. The third-order valence-electron chi connectivity index (χ3n) is 3.69. The molecular weight excluding hydrogens is 284 g/mol. The molecule has 3 aromatic rings. The van der Waals surface area contributed by atoms with Crippen molar-refractivity contribution in [2.75, 3.05) is 18.4 Å². The molecule has 7 heteroatoms. The third kappa shape index (κ3) is 2.50. The van der Waals surface area contributed by atoms with E-state index < -0.39 is 0 Å². The third-order valence-corrected chi connectivity index (χ3v) is 4.46. The Balaban J connectivity index is 1.62. The van der Waals surface area contributed by atoms with Crippen LogP contribution in [0, 0.1) is 0 Å². The number of nitrogens with zero attached hydrogens (tertiary/aromatic N) is 4. The maximum atomic E-state index is 4.68. The number of hydrogen-bond acceptors (Lipinski definition) is 6. The molecule has 0 aliphatic carbocycles. The quantitative estimate of drug-likeness (QED) is 0.774. The molecule has 3 aromatic heterocycles. The number of thiazole rings is 1. The Morgan fingerprint density at radius 2 is 2.33 bits per heavy atom. The van der Waals surface area contributed by atoms with E-state index in [1.54, 1.807) is 23.7 Å². The Hall–Kier alpha value is -1.99. The van der Waals surface area contributed by atoms with Crippen LogP contribution in [0.15, 0.2) is 30.2 Å². The largest absolute Gasteiger partial charge is 0.365 e. The fraction of sp³-hybridized carbons (Fsp3) is 0.357. The van der Waals surface area contributed by atoms with Crippen molar-refractivity contribution in [2.24, 2.45) is 0 Å². The molecule has 0 spiro atoms. The van der Waals surface area contributed by atoms with Crippen molar-refractivity contribution in [3.05, 3.63) is 30.2 Å². The lowest BCUT2D eigenvalue weighted by atomic mass is 10.1. The zero-order valence-corrected chi connectivity index (χ0v) is 12.3. The molecule has 1 atom stereocenters. The minimum Gasteiger partial charge on any atom is -0.365 e. The van der Waals surface area contributed by atoms with Crippen LogP contribution in [0.25, 0.3) is 16.3 Å². The first-order valence-corrected chi connectivity index (χ1v) is 7.98. The number of imidazole rings is 1. The Kier molecular flexibility index (Phi) is 3.28. The lowest BCUT2D eigenvalue weighted by molar-refractivity contribution is 0.479. The van der Waals surface area contributed by atoms with Crippen molar-refractivity contribution >= 4 is 22.1 Å². The second kappa shape index (κ2) is 5.42. The fourth-order valence-corrected chi connectivity index (χ4v) is 3.35. The molecule has 108 valence electrons. The van der Waals surface area contributed by atoms with Gasteiger partial charge in [0.15, 0.2) is 4.96 Å². The van der Waals surface area contributed by atoms with E-state index >= 15 is 0 Å². The molecular formula is C14H16N6S. The van der Waals surface area contributed by atoms with Crippen molar-refractivity contribution in [3.8, 4) is 11.4 Å². The van der Waals surface area contributed by atoms with E-state index in [9.17, 15) is 0 Å². The summed E-state index contributed by atoms with van der Waals surface area (Å²) >= 11 is 1.62. The number of nitrogens with one attached hydrogen (secondary N) is 2. The van der Waals surface area contributed by atoms with Gasteiger partial charge in [0.05, 0.1) is 24.3 Å². The molecule has 0 amide bonds. The number of anilines is 1. The molecule has 0 saturated carbocycles. The molecule has 1 aliphatic rings. The van der Waals surface area contributed by atoms with Gasteiger partial charge in [-0.3, -0.25) is 9.38 Å². The van der Waals surface area contributed by atoms with E-state index in [-0.39, 0.29) is 0 Å². The maximum absolute atomic E-state index is 4.68. The van der Waals surface area contributed by atoms with Crippen molar-refractivity contribution in [3.63, 3.8) is 0 Å². The summed E-state index contributed by atoms with van der Waals surface area (Å²) in [6.45, 7) is 2.09. The van der Waals surface area contributed by atoms with Crippen LogP contribution in [-0.4, -0.2) is 38.5 Å². The predicted molar refractivity (Wildman–Crippen MR) is 83.6 cm³/mol. The Bertz CT molecular complexity index is 743. The summed E-state index contributed by atoms with van der Waals surface area (Å²) in [4.78, 5) is 14.4. The summed E-state index contributed by atoms with van der Waals surface area (Å²) in [5.74, 6) is 0.825. The van der Waals surface area contributed by atoms with Gasteiger partial charge in [0.25, 0.3) is 0 Å². The highest BCUT2D eigenvalue weighted by molar-refractivity contribution is 7.15. The first kappa shape index (κ1) is 12.7. The monoisotopic (exact) mass is 300 g/mol. The van der Waals surface area contributed by atoms with E-state index in [0.717, 1.165) is 35.3 Å². The van der Waals surface area contributed by atoms with Gasteiger partial charge in [-0.1, -0.05) is 0 Å². The summed E-state index contributed by atoms with van der Waals surface area (Å²) in [6.07, 6.45) is 9.79. The minimum atomic E-state index is 0.426. The highest BCUT2D eigenvalue weighted by Crippen LogP contribution is 2.22. The van der Waals surface area contributed by atoms with Crippen LogP contribution < -0.4 is 10.6 Å². The Morgan fingerprint density at radius 1 is 1.33 bits per heavy atom. The number of piperidine rings is 1. The van der Waals surface area contributed by atoms with Gasteiger partial charge < -0.3 is 10.6 Å². The zero-order chi connectivity index (χ0) is 14.1. The van der Waals surface area contributed by atoms with Gasteiger partial charge in [-0.15, -0.1) is 11.3 Å². The molecule has 0 aromatic carbocycles. The number of hydrogen-bond donors (Lipinski definition) is 2. The standard InChI is InChI=1S/C14H16N6S/c1-2-10(6-15-3-1)18-13-9-16-7-11(19-13)12-8-17-14-20(12)4-5-21-14/h4-5,7-10,15H,1-3,6H2,(H,18,19)/t10-/m1/s1. The highest BCUT2D eigenvalue weighted by atomic mass is 32.1. The van der Waals surface area contributed by atoms with Gasteiger partial charge in [-0.05, 0) is 19.4 Å². The SMILES string of the molecule is c1cn2c(-c3cncc(N[C@@H]4CCCNC4)n3)cnc2s1. The first-order chi connectivity index (χ1) is 10.4. The normalized spacial score (nSPS) is 19.0. The first-order valence-electron chi connectivity index (χ1n) is 7.10. The van der Waals surface area contributed by atoms with Crippen LogP contribution in [0.4, 0.5) is 5.82 Å². The smallest absolute Gasteiger partial charge is 0.194 e. The second-order valence-corrected chi connectivity index (χ2v) is 6.05. The van der Waals surface area contributed by atoms with Crippen LogP contribution >= 0.6 is 11.3 Å². The lowest BCUT2D eigenvalue weighted by Crippen LogP contribution is -2.38. The molecule has 1 fully saturated rings. The minimum absolute atomic E-state index is 0.426. The summed E-state index contributed by atoms with van der Waals surface area (Å²) < 4.78 is 2.04. The van der Waals surface area contributed by atoms with Crippen LogP contribution in [0.5, 0.6) is 0 Å². The molecule has 4 heterocycles. The van der Waals surface area contributed by atoms with E-state index in [1.807, 2.05) is 22.2 Å². The average molecular weight is 300 g/mol. The van der Waals surface area contributed by atoms with Crippen LogP contribution in [0.2, 0.25) is 0 Å². The molecule has 2 N–H and O–H groups in total. The molecule has 0 unspecified atom stereocenters. The highest BCUT2D eigenvalue weighted by Gasteiger charge is 2.14. The van der Waals surface area contributed by atoms with E-state index in [2.05, 4.69) is 25.6 Å². The Labute approximate surface area is 126 Å². The van der Waals surface area contributed by atoms with E-state index in [1.165, 1.54) is 12.8 Å². The zero-order valence-electron chi connectivity index (χ0n) is 11.5. The molecule has 1 aliphatic heterocycles. The topological polar surface area (TPSA) is 67.1 Å². The molecule has 1 saturated heterocycles. The van der Waals surface area contributed by atoms with Crippen molar-refractivity contribution in [1.29, 1.82) is 0 Å². The van der Waals surface area contributed by atoms with Gasteiger partial charge in [0.2, 0.25) is 0 Å². The van der Waals surface area contributed by atoms with Crippen molar-refractivity contribution < 1.29 is 0 Å². The van der Waals surface area contributed by atoms with Crippen molar-refractivity contribution in [2.45, 2.75) is 18.9 Å². The summed E-state index contributed by atoms with van der Waals surface area (Å²) in [7, 11) is 0. The maximum Gasteiger partial charge on any atom is 0.194 e. The molecule has 4 rings (SSSR count). The van der Waals surface area contributed by atoms with Crippen LogP contribution in [-0.2, 0) is 0 Å². The average Bonchev–Trinajstić information content (AvgIpc) is 3.11. The van der Waals surface area contributed by atoms with Crippen LogP contribution in [0.1, 0.15) is 12.8 Å². The van der Waals surface area contributed by atoms with Crippen LogP contribution in [0.3, 0.4) is 0 Å². The number of fused-ring (bicyclic) bond motifs is 1. The van der Waals surface area contributed by atoms with Gasteiger partial charge in [-0.25, -0.2) is 9.97 Å².